The maximum absolute atomic E-state index is 14.7. The van der Waals surface area contributed by atoms with Crippen molar-refractivity contribution < 1.29 is 9.18 Å². The van der Waals surface area contributed by atoms with Crippen LogP contribution < -0.4 is 16.6 Å². The molecule has 0 saturated heterocycles. The van der Waals surface area contributed by atoms with Gasteiger partial charge >= 0.3 is 5.69 Å². The number of nitrogens with one attached hydrogen (secondary N) is 2. The number of nitrogens with zero attached hydrogens (tertiary/aromatic N) is 4. The van der Waals surface area contributed by atoms with Gasteiger partial charge in [-0.15, -0.1) is 0 Å². The summed E-state index contributed by atoms with van der Waals surface area (Å²) < 4.78 is 17.7. The minimum absolute atomic E-state index is 0.0380. The predicted molar refractivity (Wildman–Crippen MR) is 126 cm³/mol. The first-order chi connectivity index (χ1) is 16.2. The van der Waals surface area contributed by atoms with Crippen molar-refractivity contribution >= 4 is 16.9 Å². The third kappa shape index (κ3) is 4.14. The lowest BCUT2D eigenvalue weighted by molar-refractivity contribution is 0.0952. The Morgan fingerprint density at radius 3 is 2.62 bits per heavy atom. The number of H-pyrrole nitrogens is 1. The number of rotatable bonds is 6. The van der Waals surface area contributed by atoms with Crippen molar-refractivity contribution in [3.8, 4) is 5.69 Å². The van der Waals surface area contributed by atoms with Crippen molar-refractivity contribution in [2.24, 2.45) is 0 Å². The van der Waals surface area contributed by atoms with E-state index in [1.54, 1.807) is 49.0 Å². The van der Waals surface area contributed by atoms with Crippen LogP contribution >= 0.6 is 0 Å². The van der Waals surface area contributed by atoms with Gasteiger partial charge in [-0.05, 0) is 43.5 Å². The molecule has 4 aromatic rings. The molecule has 1 amide bonds. The molecular formula is C24H25FN6O3. The van der Waals surface area contributed by atoms with Crippen molar-refractivity contribution in [2.45, 2.75) is 46.7 Å². The zero-order valence-electron chi connectivity index (χ0n) is 19.3. The van der Waals surface area contributed by atoms with E-state index in [4.69, 9.17) is 0 Å². The third-order valence-electron chi connectivity index (χ3n) is 5.67. The fourth-order valence-corrected chi connectivity index (χ4v) is 3.83. The molecule has 0 unspecified atom stereocenters. The number of carbonyl (C=O) groups is 1. The summed E-state index contributed by atoms with van der Waals surface area (Å²) >= 11 is 0. The Hall–Kier alpha value is -4.08. The molecule has 0 bridgehead atoms. The summed E-state index contributed by atoms with van der Waals surface area (Å²) in [6.45, 7) is 7.67. The molecule has 9 nitrogen and oxygen atoms in total. The van der Waals surface area contributed by atoms with Crippen molar-refractivity contribution in [1.29, 1.82) is 0 Å². The second kappa shape index (κ2) is 9.05. The molecule has 0 aliphatic carbocycles. The van der Waals surface area contributed by atoms with Gasteiger partial charge < -0.3 is 9.88 Å². The van der Waals surface area contributed by atoms with Crippen LogP contribution in [0.1, 0.15) is 54.1 Å². The van der Waals surface area contributed by atoms with Crippen molar-refractivity contribution in [3.63, 3.8) is 0 Å². The van der Waals surface area contributed by atoms with Gasteiger partial charge in [0, 0.05) is 31.2 Å². The predicted octanol–water partition coefficient (Wildman–Crippen LogP) is 2.79. The smallest absolute Gasteiger partial charge is 0.329 e. The van der Waals surface area contributed by atoms with Gasteiger partial charge in [-0.2, -0.15) is 0 Å². The lowest BCUT2D eigenvalue weighted by Crippen LogP contribution is -2.33. The Labute approximate surface area is 194 Å². The van der Waals surface area contributed by atoms with E-state index in [1.807, 2.05) is 13.8 Å². The number of fused-ring (bicyclic) bond motifs is 1. The molecule has 3 heterocycles. The third-order valence-corrected chi connectivity index (χ3v) is 5.67. The molecular weight excluding hydrogens is 439 g/mol. The molecule has 2 N–H and O–H groups in total. The highest BCUT2D eigenvalue weighted by Gasteiger charge is 2.20. The highest BCUT2D eigenvalue weighted by atomic mass is 19.1. The van der Waals surface area contributed by atoms with Crippen LogP contribution in [0.2, 0.25) is 0 Å². The number of amides is 1. The van der Waals surface area contributed by atoms with Crippen LogP contribution in [0.3, 0.4) is 0 Å². The molecule has 1 aromatic carbocycles. The monoisotopic (exact) mass is 464 g/mol. The molecule has 0 saturated carbocycles. The van der Waals surface area contributed by atoms with E-state index < -0.39 is 23.0 Å². The Morgan fingerprint density at radius 2 is 2.00 bits per heavy atom. The zero-order chi connectivity index (χ0) is 24.6. The maximum Gasteiger partial charge on any atom is 0.329 e. The van der Waals surface area contributed by atoms with E-state index >= 15 is 0 Å². The lowest BCUT2D eigenvalue weighted by atomic mass is 10.0. The van der Waals surface area contributed by atoms with Gasteiger partial charge in [0.05, 0.1) is 16.6 Å². The van der Waals surface area contributed by atoms with Crippen LogP contribution in [-0.4, -0.2) is 30.0 Å². The molecule has 0 radical (unpaired) electrons. The Bertz CT molecular complexity index is 1520. The van der Waals surface area contributed by atoms with Crippen LogP contribution in [0.15, 0.2) is 46.2 Å². The second-order valence-corrected chi connectivity index (χ2v) is 8.26. The molecule has 0 aliphatic heterocycles. The number of hydrogen-bond acceptors (Lipinski definition) is 5. The average Bonchev–Trinajstić information content (AvgIpc) is 3.22. The van der Waals surface area contributed by atoms with Crippen molar-refractivity contribution in [1.82, 2.24) is 29.4 Å². The topological polar surface area (TPSA) is 115 Å². The number of aryl methyl sites for hydroxylation is 2. The van der Waals surface area contributed by atoms with Gasteiger partial charge in [-0.3, -0.25) is 19.1 Å². The van der Waals surface area contributed by atoms with Gasteiger partial charge in [0.25, 0.3) is 11.5 Å². The summed E-state index contributed by atoms with van der Waals surface area (Å²) in [5, 5.41) is 2.80. The SMILES string of the molecule is CCn1c(=O)[nH]c(=O)c2c(C(=O)NCc3ccc(-n4ccnc4C)c(F)c3)cc(C(C)C)nc21. The second-order valence-electron chi connectivity index (χ2n) is 8.26. The molecule has 0 aliphatic rings. The fourth-order valence-electron chi connectivity index (χ4n) is 3.83. The van der Waals surface area contributed by atoms with E-state index in [2.05, 4.69) is 20.3 Å². The van der Waals surface area contributed by atoms with Gasteiger partial charge in [-0.25, -0.2) is 19.2 Å². The minimum atomic E-state index is -0.677. The summed E-state index contributed by atoms with van der Waals surface area (Å²) in [6.07, 6.45) is 3.26. The van der Waals surface area contributed by atoms with E-state index in [1.165, 1.54) is 10.6 Å². The highest BCUT2D eigenvalue weighted by Crippen LogP contribution is 2.20. The summed E-state index contributed by atoms with van der Waals surface area (Å²) in [4.78, 5) is 48.9. The standard InChI is InChI=1S/C24H25FN6O3/c1-5-30-21-20(23(33)29-24(30)34)16(11-18(28-21)13(2)3)22(32)27-12-15-6-7-19(17(25)10-15)31-9-8-26-14(31)4/h6-11,13H,5,12H2,1-4H3,(H,27,32)(H,29,33,34). The minimum Gasteiger partial charge on any atom is -0.348 e. The molecule has 0 fully saturated rings. The van der Waals surface area contributed by atoms with Crippen LogP contribution in [0.4, 0.5) is 4.39 Å². The van der Waals surface area contributed by atoms with Crippen LogP contribution in [-0.2, 0) is 13.1 Å². The number of aromatic amines is 1. The number of imidazole rings is 1. The number of aromatic nitrogens is 5. The van der Waals surface area contributed by atoms with Crippen LogP contribution in [0.25, 0.3) is 16.7 Å². The molecule has 4 rings (SSSR count). The molecule has 0 spiro atoms. The number of benzene rings is 1. The summed E-state index contributed by atoms with van der Waals surface area (Å²) in [7, 11) is 0. The largest absolute Gasteiger partial charge is 0.348 e. The van der Waals surface area contributed by atoms with E-state index in [0.717, 1.165) is 0 Å². The van der Waals surface area contributed by atoms with Crippen molar-refractivity contribution in [2.75, 3.05) is 0 Å². The average molecular weight is 465 g/mol. The van der Waals surface area contributed by atoms with E-state index in [-0.39, 0.29) is 35.6 Å². The highest BCUT2D eigenvalue weighted by molar-refractivity contribution is 6.05. The first-order valence-corrected chi connectivity index (χ1v) is 11.0. The van der Waals surface area contributed by atoms with Gasteiger partial charge in [-0.1, -0.05) is 19.9 Å². The number of halogens is 1. The summed E-state index contributed by atoms with van der Waals surface area (Å²) in [5.74, 6) is -0.353. The van der Waals surface area contributed by atoms with E-state index in [0.29, 0.717) is 22.8 Å². The van der Waals surface area contributed by atoms with Gasteiger partial charge in [0.1, 0.15) is 11.6 Å². The number of pyridine rings is 1. The first kappa shape index (κ1) is 23.1. The summed E-state index contributed by atoms with van der Waals surface area (Å²) in [5.41, 5.74) is 0.509. The Balaban J connectivity index is 1.68. The molecule has 10 heteroatoms. The van der Waals surface area contributed by atoms with Gasteiger partial charge in [0.2, 0.25) is 0 Å². The van der Waals surface area contributed by atoms with Crippen LogP contribution in [0, 0.1) is 12.7 Å². The van der Waals surface area contributed by atoms with Gasteiger partial charge in [0.15, 0.2) is 5.65 Å². The lowest BCUT2D eigenvalue weighted by Gasteiger charge is -2.14. The first-order valence-electron chi connectivity index (χ1n) is 11.0. The Kier molecular flexibility index (Phi) is 6.14. The van der Waals surface area contributed by atoms with Crippen LogP contribution in [0.5, 0.6) is 0 Å². The van der Waals surface area contributed by atoms with Crippen molar-refractivity contribution in [3.05, 3.63) is 86.0 Å². The quantitative estimate of drug-likeness (QED) is 0.455. The maximum atomic E-state index is 14.7. The normalized spacial score (nSPS) is 11.4. The molecule has 34 heavy (non-hydrogen) atoms. The zero-order valence-corrected chi connectivity index (χ0v) is 19.3. The Morgan fingerprint density at radius 1 is 1.24 bits per heavy atom. The molecule has 3 aromatic heterocycles. The molecule has 176 valence electrons. The molecule has 0 atom stereocenters. The number of hydrogen-bond donors (Lipinski definition) is 2. The van der Waals surface area contributed by atoms with E-state index in [9.17, 15) is 18.8 Å². The fraction of sp³-hybridized carbons (Fsp3) is 0.292. The number of carbonyl (C=O) groups excluding carboxylic acids is 1. The summed E-state index contributed by atoms with van der Waals surface area (Å²) in [6, 6.07) is 6.24.